The number of hydrazine groups is 1. The molecule has 2 aromatic rings. The predicted molar refractivity (Wildman–Crippen MR) is 104 cm³/mol. The molecule has 4 amide bonds. The maximum Gasteiger partial charge on any atom is 0.344 e. The zero-order chi connectivity index (χ0) is 19.6. The van der Waals surface area contributed by atoms with Crippen LogP contribution in [0.5, 0.6) is 0 Å². The van der Waals surface area contributed by atoms with Gasteiger partial charge < -0.3 is 5.32 Å². The molecule has 0 bridgehead atoms. The number of nitrogens with zero attached hydrogens (tertiary/aromatic N) is 1. The van der Waals surface area contributed by atoms with E-state index in [-0.39, 0.29) is 18.2 Å². The summed E-state index contributed by atoms with van der Waals surface area (Å²) in [6.07, 6.45) is 6.15. The first-order valence-electron chi connectivity index (χ1n) is 9.35. The van der Waals surface area contributed by atoms with E-state index in [1.807, 2.05) is 48.6 Å². The van der Waals surface area contributed by atoms with Gasteiger partial charge in [-0.05, 0) is 29.9 Å². The third kappa shape index (κ3) is 3.07. The summed E-state index contributed by atoms with van der Waals surface area (Å²) in [7, 11) is 0. The number of rotatable bonds is 5. The van der Waals surface area contributed by atoms with Crippen molar-refractivity contribution in [3.05, 3.63) is 83.9 Å². The van der Waals surface area contributed by atoms with Crippen molar-refractivity contribution >= 4 is 17.8 Å². The molecular weight excluding hydrogens is 354 g/mol. The van der Waals surface area contributed by atoms with Gasteiger partial charge >= 0.3 is 6.03 Å². The topological polar surface area (TPSA) is 78.5 Å². The lowest BCUT2D eigenvalue weighted by Crippen LogP contribution is -2.49. The van der Waals surface area contributed by atoms with Crippen molar-refractivity contribution in [1.29, 1.82) is 0 Å². The maximum atomic E-state index is 13.4. The molecular formula is C22H21N3O3. The van der Waals surface area contributed by atoms with Gasteiger partial charge in [-0.25, -0.2) is 4.79 Å². The molecule has 1 saturated heterocycles. The van der Waals surface area contributed by atoms with Gasteiger partial charge in [-0.1, -0.05) is 72.8 Å². The Morgan fingerprint density at radius 3 is 2.18 bits per heavy atom. The van der Waals surface area contributed by atoms with E-state index in [0.29, 0.717) is 11.1 Å². The number of hydrogen-bond acceptors (Lipinski definition) is 3. The molecule has 28 heavy (non-hydrogen) atoms. The van der Waals surface area contributed by atoms with Gasteiger partial charge in [-0.3, -0.25) is 15.0 Å². The second kappa shape index (κ2) is 7.31. The summed E-state index contributed by atoms with van der Waals surface area (Å²) in [6, 6.07) is 17.5. The fourth-order valence-electron chi connectivity index (χ4n) is 3.84. The number of urea groups is 1. The van der Waals surface area contributed by atoms with Crippen LogP contribution in [0.2, 0.25) is 0 Å². The van der Waals surface area contributed by atoms with E-state index in [1.165, 1.54) is 0 Å². The summed E-state index contributed by atoms with van der Waals surface area (Å²) in [5.41, 5.74) is 2.39. The van der Waals surface area contributed by atoms with Crippen molar-refractivity contribution in [2.75, 3.05) is 0 Å². The molecule has 6 nitrogen and oxygen atoms in total. The van der Waals surface area contributed by atoms with E-state index >= 15 is 0 Å². The van der Waals surface area contributed by atoms with Gasteiger partial charge in [0.1, 0.15) is 0 Å². The molecule has 0 saturated carbocycles. The highest BCUT2D eigenvalue weighted by molar-refractivity contribution is 6.10. The molecule has 6 heteroatoms. The van der Waals surface area contributed by atoms with E-state index in [9.17, 15) is 14.4 Å². The molecule has 0 spiro atoms. The van der Waals surface area contributed by atoms with Gasteiger partial charge in [0.25, 0.3) is 5.91 Å². The van der Waals surface area contributed by atoms with Crippen LogP contribution in [0.3, 0.4) is 0 Å². The Bertz CT molecular complexity index is 885. The second-order valence-electron chi connectivity index (χ2n) is 7.06. The standard InChI is InChI=1S/C22H21N3O3/c26-19(15-16-9-7-8-10-16)24-25-20(27)22(23-21(25)28,17-11-3-1-4-12-17)18-13-5-2-6-14-18/h1-7,9,11-14,16H,8,10,15H2,(H,23,28)(H,24,26)/t16-/m1/s1. The summed E-state index contributed by atoms with van der Waals surface area (Å²) in [6.45, 7) is 0. The lowest BCUT2D eigenvalue weighted by Gasteiger charge is -2.27. The number of amides is 4. The third-order valence-electron chi connectivity index (χ3n) is 5.23. The summed E-state index contributed by atoms with van der Waals surface area (Å²) in [5.74, 6) is -0.726. The summed E-state index contributed by atoms with van der Waals surface area (Å²) >= 11 is 0. The van der Waals surface area contributed by atoms with Crippen LogP contribution in [0, 0.1) is 5.92 Å². The Hall–Kier alpha value is -3.41. The predicted octanol–water partition coefficient (Wildman–Crippen LogP) is 2.87. The molecule has 0 aromatic heterocycles. The number of benzene rings is 2. The SMILES string of the molecule is O=C(C[C@@H]1C=CCC1)NN1C(=O)NC(c2ccccc2)(c2ccccc2)C1=O. The van der Waals surface area contributed by atoms with Crippen LogP contribution in [0.25, 0.3) is 0 Å². The van der Waals surface area contributed by atoms with Crippen molar-refractivity contribution in [3.8, 4) is 0 Å². The minimum Gasteiger partial charge on any atom is -0.314 e. The summed E-state index contributed by atoms with van der Waals surface area (Å²) in [4.78, 5) is 38.5. The number of imide groups is 1. The van der Waals surface area contributed by atoms with Crippen LogP contribution < -0.4 is 10.7 Å². The largest absolute Gasteiger partial charge is 0.344 e. The maximum absolute atomic E-state index is 13.4. The second-order valence-corrected chi connectivity index (χ2v) is 7.06. The van der Waals surface area contributed by atoms with Crippen LogP contribution >= 0.6 is 0 Å². The quantitative estimate of drug-likeness (QED) is 0.623. The number of carbonyl (C=O) groups is 3. The molecule has 4 rings (SSSR count). The Balaban J connectivity index is 1.65. The molecule has 1 aliphatic heterocycles. The Kier molecular flexibility index (Phi) is 4.69. The highest BCUT2D eigenvalue weighted by atomic mass is 16.2. The fraction of sp³-hybridized carbons (Fsp3) is 0.227. The van der Waals surface area contributed by atoms with Gasteiger partial charge in [0.15, 0.2) is 5.54 Å². The summed E-state index contributed by atoms with van der Waals surface area (Å²) in [5, 5.41) is 3.61. The zero-order valence-electron chi connectivity index (χ0n) is 15.3. The van der Waals surface area contributed by atoms with Crippen LogP contribution in [-0.2, 0) is 15.1 Å². The number of allylic oxidation sites excluding steroid dienone is 2. The van der Waals surface area contributed by atoms with E-state index in [0.717, 1.165) is 17.9 Å². The lowest BCUT2D eigenvalue weighted by molar-refractivity contribution is -0.138. The molecule has 1 atom stereocenters. The smallest absolute Gasteiger partial charge is 0.314 e. The molecule has 0 unspecified atom stereocenters. The Morgan fingerprint density at radius 2 is 1.64 bits per heavy atom. The van der Waals surface area contributed by atoms with Crippen molar-refractivity contribution in [2.45, 2.75) is 24.8 Å². The first-order chi connectivity index (χ1) is 13.6. The highest BCUT2D eigenvalue weighted by Crippen LogP contribution is 2.35. The van der Waals surface area contributed by atoms with Crippen LogP contribution in [-0.4, -0.2) is 22.9 Å². The molecule has 2 aromatic carbocycles. The van der Waals surface area contributed by atoms with Crippen LogP contribution in [0.1, 0.15) is 30.4 Å². The van der Waals surface area contributed by atoms with Crippen molar-refractivity contribution < 1.29 is 14.4 Å². The van der Waals surface area contributed by atoms with Crippen molar-refractivity contribution in [3.63, 3.8) is 0 Å². The van der Waals surface area contributed by atoms with E-state index in [2.05, 4.69) is 10.7 Å². The zero-order valence-corrected chi connectivity index (χ0v) is 15.3. The number of nitrogens with one attached hydrogen (secondary N) is 2. The Labute approximate surface area is 163 Å². The number of carbonyl (C=O) groups excluding carboxylic acids is 3. The Morgan fingerprint density at radius 1 is 1.04 bits per heavy atom. The molecule has 1 aliphatic carbocycles. The van der Waals surface area contributed by atoms with Crippen LogP contribution in [0.4, 0.5) is 4.79 Å². The molecule has 2 N–H and O–H groups in total. The van der Waals surface area contributed by atoms with E-state index in [1.54, 1.807) is 24.3 Å². The normalized spacial score (nSPS) is 20.3. The first-order valence-corrected chi connectivity index (χ1v) is 9.35. The molecule has 1 heterocycles. The third-order valence-corrected chi connectivity index (χ3v) is 5.23. The van der Waals surface area contributed by atoms with Crippen LogP contribution in [0.15, 0.2) is 72.8 Å². The van der Waals surface area contributed by atoms with Gasteiger partial charge in [0, 0.05) is 6.42 Å². The van der Waals surface area contributed by atoms with Gasteiger partial charge in [-0.15, -0.1) is 0 Å². The summed E-state index contributed by atoms with van der Waals surface area (Å²) < 4.78 is 0. The highest BCUT2D eigenvalue weighted by Gasteiger charge is 2.54. The minimum absolute atomic E-state index is 0.147. The molecule has 2 aliphatic rings. The lowest BCUT2D eigenvalue weighted by atomic mass is 9.83. The monoisotopic (exact) mass is 375 g/mol. The van der Waals surface area contributed by atoms with E-state index in [4.69, 9.17) is 0 Å². The van der Waals surface area contributed by atoms with E-state index < -0.39 is 17.5 Å². The van der Waals surface area contributed by atoms with Crippen molar-refractivity contribution in [2.24, 2.45) is 5.92 Å². The molecule has 0 radical (unpaired) electrons. The molecule has 1 fully saturated rings. The minimum atomic E-state index is -1.37. The van der Waals surface area contributed by atoms with Gasteiger partial charge in [0.2, 0.25) is 5.91 Å². The van der Waals surface area contributed by atoms with Crippen molar-refractivity contribution in [1.82, 2.24) is 15.8 Å². The molecule has 142 valence electrons. The van der Waals surface area contributed by atoms with Gasteiger partial charge in [-0.2, -0.15) is 5.01 Å². The van der Waals surface area contributed by atoms with Gasteiger partial charge in [0.05, 0.1) is 0 Å². The average molecular weight is 375 g/mol. The first kappa shape index (κ1) is 18.0. The average Bonchev–Trinajstić information content (AvgIpc) is 3.31. The number of hydrogen-bond donors (Lipinski definition) is 2. The fourth-order valence-corrected chi connectivity index (χ4v) is 3.84.